The summed E-state index contributed by atoms with van der Waals surface area (Å²) >= 11 is 0. The minimum Gasteiger partial charge on any atom is -0.493 e. The summed E-state index contributed by atoms with van der Waals surface area (Å²) in [5, 5.41) is 11.8. The van der Waals surface area contributed by atoms with Crippen molar-refractivity contribution in [1.82, 2.24) is 5.32 Å². The molecule has 0 radical (unpaired) electrons. The SMILES string of the molecule is COc1ccc(/C=C/C=C(\C#N)NC(=O)Cc2ccccc2)cc1OC. The highest BCUT2D eigenvalue weighted by Crippen LogP contribution is 2.27. The summed E-state index contributed by atoms with van der Waals surface area (Å²) in [5.74, 6) is 1.03. The summed E-state index contributed by atoms with van der Waals surface area (Å²) in [5.41, 5.74) is 1.96. The highest BCUT2D eigenvalue weighted by Gasteiger charge is 2.05. The number of nitriles is 1. The van der Waals surface area contributed by atoms with E-state index in [9.17, 15) is 10.1 Å². The van der Waals surface area contributed by atoms with E-state index in [2.05, 4.69) is 5.32 Å². The van der Waals surface area contributed by atoms with Gasteiger partial charge in [-0.25, -0.2) is 0 Å². The number of hydrogen-bond donors (Lipinski definition) is 1. The second-order valence-corrected chi connectivity index (χ2v) is 5.38. The Morgan fingerprint density at radius 1 is 1.12 bits per heavy atom. The lowest BCUT2D eigenvalue weighted by Gasteiger charge is -2.07. The predicted molar refractivity (Wildman–Crippen MR) is 101 cm³/mol. The van der Waals surface area contributed by atoms with E-state index in [1.54, 1.807) is 32.4 Å². The van der Waals surface area contributed by atoms with Gasteiger partial charge in [-0.15, -0.1) is 0 Å². The Morgan fingerprint density at radius 3 is 2.50 bits per heavy atom. The third kappa shape index (κ3) is 5.53. The Balaban J connectivity index is 2.01. The molecule has 0 fully saturated rings. The van der Waals surface area contributed by atoms with Gasteiger partial charge in [0.1, 0.15) is 11.8 Å². The molecule has 0 unspecified atom stereocenters. The van der Waals surface area contributed by atoms with E-state index < -0.39 is 0 Å². The molecule has 1 N–H and O–H groups in total. The van der Waals surface area contributed by atoms with Crippen LogP contribution in [0.3, 0.4) is 0 Å². The molecule has 2 aromatic carbocycles. The maximum atomic E-state index is 12.0. The second-order valence-electron chi connectivity index (χ2n) is 5.38. The maximum absolute atomic E-state index is 12.0. The largest absolute Gasteiger partial charge is 0.493 e. The lowest BCUT2D eigenvalue weighted by molar-refractivity contribution is -0.119. The van der Waals surface area contributed by atoms with Gasteiger partial charge < -0.3 is 14.8 Å². The predicted octanol–water partition coefficient (Wildman–Crippen LogP) is 3.48. The minimum atomic E-state index is -0.233. The van der Waals surface area contributed by atoms with Gasteiger partial charge in [0.15, 0.2) is 11.5 Å². The summed E-state index contributed by atoms with van der Waals surface area (Å²) in [7, 11) is 3.15. The fraction of sp³-hybridized carbons (Fsp3) is 0.143. The molecule has 0 heterocycles. The molecule has 5 heteroatoms. The van der Waals surface area contributed by atoms with Crippen LogP contribution >= 0.6 is 0 Å². The van der Waals surface area contributed by atoms with Gasteiger partial charge in [0, 0.05) is 0 Å². The molecule has 0 aliphatic carbocycles. The molecule has 0 saturated heterocycles. The minimum absolute atomic E-state index is 0.183. The van der Waals surface area contributed by atoms with Crippen LogP contribution in [0.2, 0.25) is 0 Å². The van der Waals surface area contributed by atoms with Crippen molar-refractivity contribution in [1.29, 1.82) is 5.26 Å². The number of allylic oxidation sites excluding steroid dienone is 3. The lowest BCUT2D eigenvalue weighted by Crippen LogP contribution is -2.23. The molecule has 0 spiro atoms. The van der Waals surface area contributed by atoms with Gasteiger partial charge in [-0.3, -0.25) is 4.79 Å². The number of ether oxygens (including phenoxy) is 2. The first-order chi connectivity index (χ1) is 12.7. The molecule has 132 valence electrons. The number of methoxy groups -OCH3 is 2. The van der Waals surface area contributed by atoms with Crippen LogP contribution in [0.15, 0.2) is 66.4 Å². The fourth-order valence-corrected chi connectivity index (χ4v) is 2.29. The highest BCUT2D eigenvalue weighted by molar-refractivity contribution is 5.81. The van der Waals surface area contributed by atoms with Crippen molar-refractivity contribution in [2.24, 2.45) is 0 Å². The Bertz CT molecular complexity index is 849. The van der Waals surface area contributed by atoms with E-state index in [1.807, 2.05) is 54.6 Å². The molecule has 1 amide bonds. The van der Waals surface area contributed by atoms with Crippen LogP contribution in [-0.4, -0.2) is 20.1 Å². The van der Waals surface area contributed by atoms with Crippen molar-refractivity contribution in [2.45, 2.75) is 6.42 Å². The zero-order chi connectivity index (χ0) is 18.8. The van der Waals surface area contributed by atoms with E-state index in [0.717, 1.165) is 11.1 Å². The molecule has 0 saturated carbocycles. The number of carbonyl (C=O) groups is 1. The molecular formula is C21H20N2O3. The van der Waals surface area contributed by atoms with Crippen LogP contribution in [0, 0.1) is 11.3 Å². The van der Waals surface area contributed by atoms with Gasteiger partial charge >= 0.3 is 0 Å². The van der Waals surface area contributed by atoms with Crippen molar-refractivity contribution in [2.75, 3.05) is 14.2 Å². The van der Waals surface area contributed by atoms with Gasteiger partial charge in [0.2, 0.25) is 5.91 Å². The van der Waals surface area contributed by atoms with Gasteiger partial charge in [-0.05, 0) is 29.3 Å². The summed E-state index contributed by atoms with van der Waals surface area (Å²) in [4.78, 5) is 12.0. The third-order valence-corrected chi connectivity index (χ3v) is 3.56. The van der Waals surface area contributed by atoms with Crippen molar-refractivity contribution < 1.29 is 14.3 Å². The second kappa shape index (κ2) is 9.70. The van der Waals surface area contributed by atoms with E-state index in [1.165, 1.54) is 0 Å². The fourth-order valence-electron chi connectivity index (χ4n) is 2.29. The van der Waals surface area contributed by atoms with Crippen LogP contribution < -0.4 is 14.8 Å². The first-order valence-corrected chi connectivity index (χ1v) is 8.00. The standard InChI is InChI=1S/C21H20N2O3/c1-25-19-12-11-17(13-20(19)26-2)9-6-10-18(15-22)23-21(24)14-16-7-4-3-5-8-16/h3-13H,14H2,1-2H3,(H,23,24)/b9-6+,18-10+. The number of nitrogens with zero attached hydrogens (tertiary/aromatic N) is 1. The molecule has 0 atom stereocenters. The van der Waals surface area contributed by atoms with E-state index in [-0.39, 0.29) is 18.0 Å². The van der Waals surface area contributed by atoms with Crippen LogP contribution in [0.1, 0.15) is 11.1 Å². The van der Waals surface area contributed by atoms with Gasteiger partial charge in [-0.2, -0.15) is 5.26 Å². The van der Waals surface area contributed by atoms with Gasteiger partial charge in [0.05, 0.1) is 20.6 Å². The number of amides is 1. The Labute approximate surface area is 153 Å². The first-order valence-electron chi connectivity index (χ1n) is 8.00. The van der Waals surface area contributed by atoms with Crippen molar-refractivity contribution in [3.8, 4) is 17.6 Å². The summed E-state index contributed by atoms with van der Waals surface area (Å²) in [6.45, 7) is 0. The number of rotatable bonds is 7. The topological polar surface area (TPSA) is 71.3 Å². The Hall–Kier alpha value is -3.52. The number of nitrogens with one attached hydrogen (secondary N) is 1. The Kier molecular flexibility index (Phi) is 7.02. The average molecular weight is 348 g/mol. The molecule has 0 aliphatic heterocycles. The third-order valence-electron chi connectivity index (χ3n) is 3.56. The number of benzene rings is 2. The average Bonchev–Trinajstić information content (AvgIpc) is 2.67. The van der Waals surface area contributed by atoms with Crippen LogP contribution in [0.25, 0.3) is 6.08 Å². The molecule has 0 bridgehead atoms. The van der Waals surface area contributed by atoms with Crippen molar-refractivity contribution in [3.63, 3.8) is 0 Å². The first kappa shape index (κ1) is 18.8. The lowest BCUT2D eigenvalue weighted by atomic mass is 10.1. The smallest absolute Gasteiger partial charge is 0.229 e. The molecule has 2 rings (SSSR count). The van der Waals surface area contributed by atoms with Gasteiger partial charge in [-0.1, -0.05) is 48.6 Å². The van der Waals surface area contributed by atoms with Gasteiger partial charge in [0.25, 0.3) is 0 Å². The number of carbonyl (C=O) groups excluding carboxylic acids is 1. The zero-order valence-electron chi connectivity index (χ0n) is 14.7. The molecule has 0 aliphatic rings. The summed E-state index contributed by atoms with van der Waals surface area (Å²) in [6, 6.07) is 16.8. The molecule has 5 nitrogen and oxygen atoms in total. The van der Waals surface area contributed by atoms with E-state index >= 15 is 0 Å². The van der Waals surface area contributed by atoms with E-state index in [0.29, 0.717) is 11.5 Å². The quantitative estimate of drug-likeness (QED) is 0.614. The molecule has 0 aromatic heterocycles. The molecular weight excluding hydrogens is 328 g/mol. The van der Waals surface area contributed by atoms with Crippen LogP contribution in [-0.2, 0) is 11.2 Å². The van der Waals surface area contributed by atoms with Crippen molar-refractivity contribution >= 4 is 12.0 Å². The Morgan fingerprint density at radius 2 is 1.85 bits per heavy atom. The van der Waals surface area contributed by atoms with Crippen LogP contribution in [0.4, 0.5) is 0 Å². The summed E-state index contributed by atoms with van der Waals surface area (Å²) in [6.07, 6.45) is 5.28. The van der Waals surface area contributed by atoms with Crippen LogP contribution in [0.5, 0.6) is 11.5 Å². The normalized spacial score (nSPS) is 11.0. The van der Waals surface area contributed by atoms with E-state index in [4.69, 9.17) is 9.47 Å². The van der Waals surface area contributed by atoms with Crippen molar-refractivity contribution in [3.05, 3.63) is 77.5 Å². The molecule has 2 aromatic rings. The monoisotopic (exact) mass is 348 g/mol. The maximum Gasteiger partial charge on any atom is 0.229 e. The zero-order valence-corrected chi connectivity index (χ0v) is 14.7. The number of hydrogen-bond acceptors (Lipinski definition) is 4. The highest BCUT2D eigenvalue weighted by atomic mass is 16.5. The summed E-state index contributed by atoms with van der Waals surface area (Å²) < 4.78 is 10.4. The molecule has 26 heavy (non-hydrogen) atoms.